The zero-order valence-electron chi connectivity index (χ0n) is 12.2. The molecule has 3 rings (SSSR count). The van der Waals surface area contributed by atoms with Gasteiger partial charge in [-0.3, -0.25) is 14.3 Å². The SMILES string of the molecule is Nc1nc2c(ncn2[C@H]2CC[C@@](O)(CCP(=O)(O)O)C2)c(=O)[nH]1. The molecule has 11 heteroatoms. The molecule has 0 aromatic carbocycles. The second-order valence-corrected chi connectivity index (χ2v) is 7.81. The Balaban J connectivity index is 1.85. The Morgan fingerprint density at radius 1 is 1.52 bits per heavy atom. The maximum atomic E-state index is 11.8. The fraction of sp³-hybridized carbons (Fsp3) is 0.583. The number of rotatable bonds is 4. The van der Waals surface area contributed by atoms with Crippen LogP contribution in [0.15, 0.2) is 11.1 Å². The average Bonchev–Trinajstić information content (AvgIpc) is 3.00. The Morgan fingerprint density at radius 2 is 2.26 bits per heavy atom. The molecule has 0 saturated heterocycles. The molecular formula is C12H18N5O5P. The van der Waals surface area contributed by atoms with Crippen LogP contribution in [0, 0.1) is 0 Å². The van der Waals surface area contributed by atoms with Crippen LogP contribution in [0.25, 0.3) is 11.2 Å². The molecule has 2 aromatic rings. The van der Waals surface area contributed by atoms with E-state index in [9.17, 15) is 14.5 Å². The second-order valence-electron chi connectivity index (χ2n) is 6.03. The second kappa shape index (κ2) is 5.41. The lowest BCUT2D eigenvalue weighted by Gasteiger charge is -2.23. The molecule has 2 atom stereocenters. The highest BCUT2D eigenvalue weighted by atomic mass is 31.2. The Bertz CT molecular complexity index is 842. The molecule has 0 amide bonds. The number of aromatic amines is 1. The van der Waals surface area contributed by atoms with Gasteiger partial charge in [0.05, 0.1) is 18.1 Å². The van der Waals surface area contributed by atoms with Crippen molar-refractivity contribution in [1.82, 2.24) is 19.5 Å². The van der Waals surface area contributed by atoms with E-state index >= 15 is 0 Å². The van der Waals surface area contributed by atoms with Crippen LogP contribution in [0.1, 0.15) is 31.7 Å². The first-order valence-electron chi connectivity index (χ1n) is 7.16. The van der Waals surface area contributed by atoms with Crippen molar-refractivity contribution in [2.75, 3.05) is 11.9 Å². The van der Waals surface area contributed by atoms with Crippen molar-refractivity contribution in [2.24, 2.45) is 0 Å². The summed E-state index contributed by atoms with van der Waals surface area (Å²) >= 11 is 0. The van der Waals surface area contributed by atoms with E-state index in [0.29, 0.717) is 24.9 Å². The van der Waals surface area contributed by atoms with Crippen LogP contribution >= 0.6 is 7.60 Å². The number of hydrogen-bond donors (Lipinski definition) is 5. The number of fused-ring (bicyclic) bond motifs is 1. The van der Waals surface area contributed by atoms with Crippen LogP contribution in [0.4, 0.5) is 5.95 Å². The van der Waals surface area contributed by atoms with E-state index in [2.05, 4.69) is 15.0 Å². The zero-order chi connectivity index (χ0) is 16.8. The molecule has 23 heavy (non-hydrogen) atoms. The fourth-order valence-electron chi connectivity index (χ4n) is 3.11. The van der Waals surface area contributed by atoms with Gasteiger partial charge in [0.25, 0.3) is 5.56 Å². The lowest BCUT2D eigenvalue weighted by Crippen LogP contribution is -2.26. The van der Waals surface area contributed by atoms with Gasteiger partial charge >= 0.3 is 7.60 Å². The summed E-state index contributed by atoms with van der Waals surface area (Å²) in [5.74, 6) is -0.0148. The van der Waals surface area contributed by atoms with E-state index in [1.54, 1.807) is 4.57 Å². The quantitative estimate of drug-likeness (QED) is 0.473. The van der Waals surface area contributed by atoms with Gasteiger partial charge in [0.1, 0.15) is 0 Å². The van der Waals surface area contributed by atoms with Crippen molar-refractivity contribution in [1.29, 1.82) is 0 Å². The molecule has 126 valence electrons. The number of aromatic nitrogens is 4. The van der Waals surface area contributed by atoms with Crippen LogP contribution in [0.3, 0.4) is 0 Å². The molecule has 6 N–H and O–H groups in total. The highest BCUT2D eigenvalue weighted by molar-refractivity contribution is 7.51. The molecule has 2 heterocycles. The van der Waals surface area contributed by atoms with Crippen LogP contribution in [0.2, 0.25) is 0 Å². The molecule has 0 aliphatic heterocycles. The van der Waals surface area contributed by atoms with Gasteiger partial charge in [0.15, 0.2) is 11.2 Å². The molecule has 1 aliphatic rings. The van der Waals surface area contributed by atoms with Crippen LogP contribution in [-0.4, -0.2) is 46.2 Å². The summed E-state index contributed by atoms with van der Waals surface area (Å²) in [5.41, 5.74) is 4.50. The van der Waals surface area contributed by atoms with E-state index in [1.807, 2.05) is 0 Å². The first-order chi connectivity index (χ1) is 10.7. The maximum Gasteiger partial charge on any atom is 0.325 e. The van der Waals surface area contributed by atoms with E-state index < -0.39 is 18.8 Å². The Morgan fingerprint density at radius 3 is 2.96 bits per heavy atom. The van der Waals surface area contributed by atoms with Crippen molar-refractivity contribution in [3.05, 3.63) is 16.7 Å². The largest absolute Gasteiger partial charge is 0.390 e. The third-order valence-electron chi connectivity index (χ3n) is 4.27. The number of nitrogens with zero attached hydrogens (tertiary/aromatic N) is 3. The number of imidazole rings is 1. The number of hydrogen-bond acceptors (Lipinski definition) is 6. The minimum Gasteiger partial charge on any atom is -0.390 e. The van der Waals surface area contributed by atoms with Gasteiger partial charge in [0, 0.05) is 6.04 Å². The average molecular weight is 343 g/mol. The fourth-order valence-corrected chi connectivity index (χ4v) is 3.81. The molecule has 10 nitrogen and oxygen atoms in total. The molecule has 1 fully saturated rings. The number of anilines is 1. The molecule has 0 unspecified atom stereocenters. The van der Waals surface area contributed by atoms with Crippen molar-refractivity contribution >= 4 is 24.7 Å². The number of nitrogen functional groups attached to an aromatic ring is 1. The first-order valence-corrected chi connectivity index (χ1v) is 8.96. The number of nitrogens with one attached hydrogen (secondary N) is 1. The summed E-state index contributed by atoms with van der Waals surface area (Å²) in [5, 5.41) is 10.5. The van der Waals surface area contributed by atoms with Crippen molar-refractivity contribution in [3.63, 3.8) is 0 Å². The van der Waals surface area contributed by atoms with Gasteiger partial charge in [-0.05, 0) is 25.7 Å². The molecule has 1 aliphatic carbocycles. The van der Waals surface area contributed by atoms with Gasteiger partial charge in [-0.1, -0.05) is 0 Å². The van der Waals surface area contributed by atoms with E-state index in [1.165, 1.54) is 6.33 Å². The highest BCUT2D eigenvalue weighted by Gasteiger charge is 2.39. The van der Waals surface area contributed by atoms with Crippen molar-refractivity contribution < 1.29 is 19.5 Å². The van der Waals surface area contributed by atoms with E-state index in [4.69, 9.17) is 15.5 Å². The Hall–Kier alpha value is -1.74. The zero-order valence-corrected chi connectivity index (χ0v) is 13.1. The van der Waals surface area contributed by atoms with E-state index in [-0.39, 0.29) is 30.1 Å². The van der Waals surface area contributed by atoms with Crippen LogP contribution < -0.4 is 11.3 Å². The first kappa shape index (κ1) is 16.1. The number of H-pyrrole nitrogens is 1. The lowest BCUT2D eigenvalue weighted by molar-refractivity contribution is 0.0398. The van der Waals surface area contributed by atoms with Crippen molar-refractivity contribution in [3.8, 4) is 0 Å². The summed E-state index contributed by atoms with van der Waals surface area (Å²) < 4.78 is 12.7. The lowest BCUT2D eigenvalue weighted by atomic mass is 9.99. The smallest absolute Gasteiger partial charge is 0.325 e. The molecular weight excluding hydrogens is 325 g/mol. The van der Waals surface area contributed by atoms with E-state index in [0.717, 1.165) is 0 Å². The molecule has 0 bridgehead atoms. The van der Waals surface area contributed by atoms with Gasteiger partial charge in [-0.15, -0.1) is 0 Å². The Kier molecular flexibility index (Phi) is 3.80. The monoisotopic (exact) mass is 343 g/mol. The third-order valence-corrected chi connectivity index (χ3v) is 5.08. The maximum absolute atomic E-state index is 11.8. The summed E-state index contributed by atoms with van der Waals surface area (Å²) in [6.45, 7) is 0. The van der Waals surface area contributed by atoms with Crippen LogP contribution in [-0.2, 0) is 4.57 Å². The van der Waals surface area contributed by atoms with Gasteiger partial charge < -0.3 is 25.2 Å². The third kappa shape index (κ3) is 3.30. The van der Waals surface area contributed by atoms with Gasteiger partial charge in [-0.2, -0.15) is 4.98 Å². The predicted octanol–water partition coefficient (Wildman–Crippen LogP) is -0.274. The van der Waals surface area contributed by atoms with Gasteiger partial charge in [-0.25, -0.2) is 4.98 Å². The summed E-state index contributed by atoms with van der Waals surface area (Å²) in [4.78, 5) is 40.2. The topological polar surface area (TPSA) is 167 Å². The summed E-state index contributed by atoms with van der Waals surface area (Å²) in [6.07, 6.45) is 2.47. The predicted molar refractivity (Wildman–Crippen MR) is 81.9 cm³/mol. The minimum absolute atomic E-state index is 0.0148. The summed E-state index contributed by atoms with van der Waals surface area (Å²) in [7, 11) is -4.15. The minimum atomic E-state index is -4.15. The molecule has 0 spiro atoms. The summed E-state index contributed by atoms with van der Waals surface area (Å²) in [6, 6.07) is -0.157. The van der Waals surface area contributed by atoms with Gasteiger partial charge in [0.2, 0.25) is 5.95 Å². The van der Waals surface area contributed by atoms with Crippen molar-refractivity contribution in [2.45, 2.75) is 37.3 Å². The molecule has 0 radical (unpaired) electrons. The van der Waals surface area contributed by atoms with Crippen LogP contribution in [0.5, 0.6) is 0 Å². The standard InChI is InChI=1S/C12H18N5O5P/c13-11-15-9-8(10(18)16-11)14-6-17(9)7-1-2-12(19,5-7)3-4-23(20,21)22/h6-7,19H,1-5H2,(H2,20,21,22)(H3,13,15,16,18)/t7-,12+/m0/s1. The number of aliphatic hydroxyl groups is 1. The molecule has 1 saturated carbocycles. The number of nitrogens with two attached hydrogens (primary N) is 1. The molecule has 2 aromatic heterocycles. The highest BCUT2D eigenvalue weighted by Crippen LogP contribution is 2.44. The Labute approximate surface area is 130 Å². The normalized spacial score (nSPS) is 25.3.